The Morgan fingerprint density at radius 1 is 1.00 bits per heavy atom. The van der Waals surface area contributed by atoms with Crippen LogP contribution in [-0.4, -0.2) is 34.8 Å². The molecule has 1 N–H and O–H groups in total. The van der Waals surface area contributed by atoms with Crippen molar-refractivity contribution < 1.29 is 4.79 Å². The second kappa shape index (κ2) is 10.9. The van der Waals surface area contributed by atoms with Gasteiger partial charge in [0, 0.05) is 18.8 Å². The van der Waals surface area contributed by atoms with Crippen molar-refractivity contribution in [3.05, 3.63) is 60.2 Å². The molecule has 0 unspecified atom stereocenters. The molecule has 0 atom stereocenters. The second-order valence-corrected chi connectivity index (χ2v) is 7.92. The quantitative estimate of drug-likeness (QED) is 0.538. The Labute approximate surface area is 172 Å². The lowest BCUT2D eigenvalue weighted by Crippen LogP contribution is -2.31. The van der Waals surface area contributed by atoms with Gasteiger partial charge in [0.1, 0.15) is 0 Å². The number of likely N-dealkylation sites (tertiary alicyclic amines) is 1. The monoisotopic (exact) mass is 395 g/mol. The molecule has 1 aliphatic heterocycles. The van der Waals surface area contributed by atoms with Gasteiger partial charge in [-0.05, 0) is 43.0 Å². The molecule has 1 fully saturated rings. The number of hydrogen-bond acceptors (Lipinski definition) is 3. The molecule has 0 aliphatic carbocycles. The van der Waals surface area contributed by atoms with Gasteiger partial charge < -0.3 is 10.2 Å². The zero-order valence-corrected chi connectivity index (χ0v) is 17.4. The molecule has 0 bridgehead atoms. The molecule has 148 valence electrons. The summed E-state index contributed by atoms with van der Waals surface area (Å²) in [6, 6.07) is 18.0. The predicted molar refractivity (Wildman–Crippen MR) is 120 cm³/mol. The number of amides is 1. The first-order valence-corrected chi connectivity index (χ1v) is 11.1. The molecule has 2 aromatic carbocycles. The third-order valence-electron chi connectivity index (χ3n) is 4.86. The molecule has 0 spiro atoms. The minimum atomic E-state index is 0.0153. The van der Waals surface area contributed by atoms with Gasteiger partial charge in [0.05, 0.1) is 11.4 Å². The number of rotatable bonds is 5. The maximum absolute atomic E-state index is 12.6. The first-order valence-electron chi connectivity index (χ1n) is 10.2. The van der Waals surface area contributed by atoms with Gasteiger partial charge in [0.2, 0.25) is 5.91 Å². The molecule has 0 saturated carbocycles. The normalized spacial score (nSPS) is 15.2. The van der Waals surface area contributed by atoms with Crippen LogP contribution in [0.1, 0.15) is 38.2 Å². The van der Waals surface area contributed by atoms with Crippen molar-refractivity contribution in [1.29, 1.82) is 0 Å². The van der Waals surface area contributed by atoms with Gasteiger partial charge in [0.25, 0.3) is 0 Å². The molecule has 3 rings (SSSR count). The fourth-order valence-corrected chi connectivity index (χ4v) is 4.20. The SMILES string of the molecule is CCc1ccccc1NC(=O)CSC(=Nc1ccccc1)N1CCCCCC1. The van der Waals surface area contributed by atoms with E-state index in [1.54, 1.807) is 0 Å². The first-order chi connectivity index (χ1) is 13.8. The highest BCUT2D eigenvalue weighted by molar-refractivity contribution is 8.14. The molecule has 5 heteroatoms. The summed E-state index contributed by atoms with van der Waals surface area (Å²) < 4.78 is 0. The summed E-state index contributed by atoms with van der Waals surface area (Å²) in [5.41, 5.74) is 3.00. The number of nitrogens with one attached hydrogen (secondary N) is 1. The molecule has 1 saturated heterocycles. The summed E-state index contributed by atoms with van der Waals surface area (Å²) >= 11 is 1.54. The van der Waals surface area contributed by atoms with Crippen LogP contribution in [0.4, 0.5) is 11.4 Å². The summed E-state index contributed by atoms with van der Waals surface area (Å²) in [6.07, 6.45) is 5.81. The summed E-state index contributed by atoms with van der Waals surface area (Å²) in [7, 11) is 0. The highest BCUT2D eigenvalue weighted by atomic mass is 32.2. The Morgan fingerprint density at radius 3 is 2.39 bits per heavy atom. The Hall–Kier alpha value is -2.27. The second-order valence-electron chi connectivity index (χ2n) is 6.98. The third-order valence-corrected chi connectivity index (χ3v) is 5.88. The van der Waals surface area contributed by atoms with Crippen molar-refractivity contribution in [1.82, 2.24) is 4.90 Å². The van der Waals surface area contributed by atoms with E-state index in [9.17, 15) is 4.79 Å². The smallest absolute Gasteiger partial charge is 0.234 e. The zero-order chi connectivity index (χ0) is 19.6. The van der Waals surface area contributed by atoms with E-state index in [-0.39, 0.29) is 5.91 Å². The zero-order valence-electron chi connectivity index (χ0n) is 16.6. The fraction of sp³-hybridized carbons (Fsp3) is 0.391. The molecule has 1 amide bonds. The maximum Gasteiger partial charge on any atom is 0.234 e. The predicted octanol–water partition coefficient (Wildman–Crippen LogP) is 5.48. The lowest BCUT2D eigenvalue weighted by Gasteiger charge is -2.23. The molecular weight excluding hydrogens is 366 g/mol. The van der Waals surface area contributed by atoms with Crippen LogP contribution in [0.5, 0.6) is 0 Å². The van der Waals surface area contributed by atoms with E-state index in [0.29, 0.717) is 5.75 Å². The minimum absolute atomic E-state index is 0.0153. The third kappa shape index (κ3) is 6.13. The highest BCUT2D eigenvalue weighted by Crippen LogP contribution is 2.21. The van der Waals surface area contributed by atoms with Crippen molar-refractivity contribution in [2.45, 2.75) is 39.0 Å². The van der Waals surface area contributed by atoms with E-state index in [4.69, 9.17) is 4.99 Å². The van der Waals surface area contributed by atoms with Crippen molar-refractivity contribution >= 4 is 34.2 Å². The van der Waals surface area contributed by atoms with Crippen LogP contribution in [0.2, 0.25) is 0 Å². The Balaban J connectivity index is 1.68. The topological polar surface area (TPSA) is 44.7 Å². The van der Waals surface area contributed by atoms with Gasteiger partial charge in [-0.2, -0.15) is 0 Å². The van der Waals surface area contributed by atoms with Gasteiger partial charge in [-0.25, -0.2) is 4.99 Å². The van der Waals surface area contributed by atoms with E-state index in [1.165, 1.54) is 37.4 Å². The first kappa shape index (κ1) is 20.5. The number of nitrogens with zero attached hydrogens (tertiary/aromatic N) is 2. The maximum atomic E-state index is 12.6. The number of thioether (sulfide) groups is 1. The van der Waals surface area contributed by atoms with Crippen molar-refractivity contribution in [2.24, 2.45) is 4.99 Å². The van der Waals surface area contributed by atoms with Crippen molar-refractivity contribution in [3.8, 4) is 0 Å². The van der Waals surface area contributed by atoms with Gasteiger partial charge >= 0.3 is 0 Å². The van der Waals surface area contributed by atoms with Crippen LogP contribution < -0.4 is 5.32 Å². The Bertz CT molecular complexity index is 783. The van der Waals surface area contributed by atoms with Crippen LogP contribution in [-0.2, 0) is 11.2 Å². The number of amidine groups is 1. The minimum Gasteiger partial charge on any atom is -0.351 e. The van der Waals surface area contributed by atoms with Crippen LogP contribution in [0, 0.1) is 0 Å². The van der Waals surface area contributed by atoms with E-state index in [1.807, 2.05) is 48.5 Å². The Morgan fingerprint density at radius 2 is 1.68 bits per heavy atom. The van der Waals surface area contributed by atoms with Gasteiger partial charge in [0.15, 0.2) is 5.17 Å². The molecule has 4 nitrogen and oxygen atoms in total. The average Bonchev–Trinajstić information content (AvgIpc) is 3.02. The largest absolute Gasteiger partial charge is 0.351 e. The molecule has 28 heavy (non-hydrogen) atoms. The average molecular weight is 396 g/mol. The van der Waals surface area contributed by atoms with E-state index < -0.39 is 0 Å². The molecule has 0 radical (unpaired) electrons. The fourth-order valence-electron chi connectivity index (χ4n) is 3.34. The number of carbonyl (C=O) groups is 1. The summed E-state index contributed by atoms with van der Waals surface area (Å²) in [6.45, 7) is 4.13. The molecule has 1 aliphatic rings. The number of hydrogen-bond donors (Lipinski definition) is 1. The number of carbonyl (C=O) groups excluding carboxylic acids is 1. The number of aryl methyl sites for hydroxylation is 1. The van der Waals surface area contributed by atoms with Crippen LogP contribution in [0.15, 0.2) is 59.6 Å². The summed E-state index contributed by atoms with van der Waals surface area (Å²) in [4.78, 5) is 19.8. The van der Waals surface area contributed by atoms with Crippen LogP contribution in [0.25, 0.3) is 0 Å². The van der Waals surface area contributed by atoms with Crippen LogP contribution in [0.3, 0.4) is 0 Å². The van der Waals surface area contributed by atoms with Gasteiger partial charge in [-0.3, -0.25) is 4.79 Å². The molecule has 0 aromatic heterocycles. The van der Waals surface area contributed by atoms with Crippen molar-refractivity contribution in [2.75, 3.05) is 24.2 Å². The summed E-state index contributed by atoms with van der Waals surface area (Å²) in [5, 5.41) is 4.01. The number of benzene rings is 2. The number of aliphatic imine (C=N–C) groups is 1. The summed E-state index contributed by atoms with van der Waals surface area (Å²) in [5.74, 6) is 0.377. The van der Waals surface area contributed by atoms with Crippen molar-refractivity contribution in [3.63, 3.8) is 0 Å². The van der Waals surface area contributed by atoms with E-state index in [2.05, 4.69) is 23.2 Å². The molecule has 1 heterocycles. The van der Waals surface area contributed by atoms with Gasteiger partial charge in [-0.15, -0.1) is 0 Å². The standard InChI is InChI=1S/C23H29N3OS/c1-2-19-12-8-9-15-21(19)25-22(27)18-28-23(24-20-13-6-5-7-14-20)26-16-10-3-4-11-17-26/h5-9,12-15H,2-4,10-11,16-18H2,1H3,(H,25,27). The highest BCUT2D eigenvalue weighted by Gasteiger charge is 2.16. The lowest BCUT2D eigenvalue weighted by molar-refractivity contribution is -0.113. The molecule has 2 aromatic rings. The number of para-hydroxylation sites is 2. The van der Waals surface area contributed by atoms with E-state index in [0.717, 1.165) is 41.6 Å². The number of anilines is 1. The molecular formula is C23H29N3OS. The lowest BCUT2D eigenvalue weighted by atomic mass is 10.1. The Kier molecular flexibility index (Phi) is 7.97. The van der Waals surface area contributed by atoms with Gasteiger partial charge in [-0.1, -0.05) is 67.9 Å². The van der Waals surface area contributed by atoms with E-state index >= 15 is 0 Å². The van der Waals surface area contributed by atoms with Crippen LogP contribution >= 0.6 is 11.8 Å².